The van der Waals surface area contributed by atoms with Crippen molar-refractivity contribution in [1.82, 2.24) is 16.0 Å². The van der Waals surface area contributed by atoms with Crippen molar-refractivity contribution in [2.24, 2.45) is 5.73 Å². The van der Waals surface area contributed by atoms with Gasteiger partial charge in [-0.1, -0.05) is 48.0 Å². The Labute approximate surface area is 151 Å². The van der Waals surface area contributed by atoms with Gasteiger partial charge < -0.3 is 15.8 Å². The molecule has 136 valence electrons. The molecule has 0 aromatic heterocycles. The van der Waals surface area contributed by atoms with Gasteiger partial charge >= 0.3 is 12.0 Å². The third-order valence-electron chi connectivity index (χ3n) is 3.88. The zero-order valence-electron chi connectivity index (χ0n) is 14.0. The second-order valence-corrected chi connectivity index (χ2v) is 6.34. The van der Waals surface area contributed by atoms with Crippen LogP contribution in [0, 0.1) is 0 Å². The molecule has 1 aromatic rings. The van der Waals surface area contributed by atoms with Crippen LogP contribution >= 0.6 is 11.6 Å². The minimum absolute atomic E-state index is 0.00953. The maximum atomic E-state index is 12.5. The van der Waals surface area contributed by atoms with E-state index < -0.39 is 23.7 Å². The number of ether oxygens (including phenoxy) is 1. The summed E-state index contributed by atoms with van der Waals surface area (Å²) in [7, 11) is 0. The number of esters is 1. The Morgan fingerprint density at radius 2 is 2.12 bits per heavy atom. The zero-order valence-corrected chi connectivity index (χ0v) is 14.8. The summed E-state index contributed by atoms with van der Waals surface area (Å²) in [6, 6.07) is 7.81. The molecule has 0 saturated heterocycles. The van der Waals surface area contributed by atoms with Crippen molar-refractivity contribution in [1.29, 1.82) is 0 Å². The number of hydrogen-bond donors (Lipinski definition) is 4. The summed E-state index contributed by atoms with van der Waals surface area (Å²) in [4.78, 5) is 23.5. The summed E-state index contributed by atoms with van der Waals surface area (Å²) >= 11 is 6.28. The molecule has 2 atom stereocenters. The van der Waals surface area contributed by atoms with Crippen LogP contribution in [0.1, 0.15) is 18.9 Å². The van der Waals surface area contributed by atoms with Gasteiger partial charge in [0, 0.05) is 18.1 Å². The van der Waals surface area contributed by atoms with Crippen LogP contribution in [-0.2, 0) is 16.1 Å². The zero-order chi connectivity index (χ0) is 18.3. The second-order valence-electron chi connectivity index (χ2n) is 5.93. The first-order valence-corrected chi connectivity index (χ1v) is 8.41. The summed E-state index contributed by atoms with van der Waals surface area (Å²) in [5, 5.41) is 9.33. The highest BCUT2D eigenvalue weighted by Gasteiger charge is 2.35. The van der Waals surface area contributed by atoms with Gasteiger partial charge in [0.2, 0.25) is 0 Å². The minimum Gasteiger partial charge on any atom is -0.460 e. The van der Waals surface area contributed by atoms with Crippen molar-refractivity contribution in [2.75, 3.05) is 13.1 Å². The molecular formula is C17H23ClN4O3. The van der Waals surface area contributed by atoms with Gasteiger partial charge in [0.05, 0.1) is 0 Å². The van der Waals surface area contributed by atoms with E-state index in [0.717, 1.165) is 18.5 Å². The van der Waals surface area contributed by atoms with Gasteiger partial charge in [-0.05, 0) is 18.9 Å². The highest BCUT2D eigenvalue weighted by Crippen LogP contribution is 2.22. The topological polar surface area (TPSA) is 105 Å². The first-order chi connectivity index (χ1) is 11.9. The smallest absolute Gasteiger partial charge is 0.325 e. The molecule has 0 saturated carbocycles. The third-order valence-corrected chi connectivity index (χ3v) is 4.41. The van der Waals surface area contributed by atoms with Crippen molar-refractivity contribution in [3.8, 4) is 0 Å². The van der Waals surface area contributed by atoms with Crippen molar-refractivity contribution in [3.63, 3.8) is 0 Å². The predicted octanol–water partition coefficient (Wildman–Crippen LogP) is 1.19. The molecular weight excluding hydrogens is 344 g/mol. The monoisotopic (exact) mass is 366 g/mol. The van der Waals surface area contributed by atoms with Gasteiger partial charge in [-0.2, -0.15) is 0 Å². The fraction of sp³-hybridized carbons (Fsp3) is 0.412. The van der Waals surface area contributed by atoms with Gasteiger partial charge in [-0.25, -0.2) is 4.79 Å². The molecule has 1 aromatic carbocycles. The molecule has 0 spiro atoms. The van der Waals surface area contributed by atoms with Crippen molar-refractivity contribution >= 4 is 23.6 Å². The Bertz CT molecular complexity index is 638. The number of rotatable bonds is 7. The van der Waals surface area contributed by atoms with E-state index in [1.165, 1.54) is 0 Å². The number of benzene rings is 1. The molecule has 1 heterocycles. The number of urea groups is 1. The van der Waals surface area contributed by atoms with Crippen LogP contribution < -0.4 is 21.7 Å². The number of amides is 2. The quantitative estimate of drug-likeness (QED) is 0.542. The summed E-state index contributed by atoms with van der Waals surface area (Å²) in [6.45, 7) is 2.67. The average Bonchev–Trinajstić information content (AvgIpc) is 2.60. The average molecular weight is 367 g/mol. The van der Waals surface area contributed by atoms with Gasteiger partial charge in [0.1, 0.15) is 18.3 Å². The SMILES string of the molecule is CC1(N[C@@H](CNC(N)=O)C(=O)OCc2ccccc2)NCCC=C1Cl. The fourth-order valence-corrected chi connectivity index (χ4v) is 2.73. The van der Waals surface area contributed by atoms with Gasteiger partial charge in [-0.3, -0.25) is 15.4 Å². The van der Waals surface area contributed by atoms with Crippen LogP contribution in [-0.4, -0.2) is 36.8 Å². The molecule has 0 aliphatic carbocycles. The third kappa shape index (κ3) is 5.74. The summed E-state index contributed by atoms with van der Waals surface area (Å²) in [5.41, 5.74) is 5.21. The van der Waals surface area contributed by atoms with Gasteiger partial charge in [0.25, 0.3) is 0 Å². The Hall–Kier alpha value is -2.09. The maximum absolute atomic E-state index is 12.5. The molecule has 7 nitrogen and oxygen atoms in total. The predicted molar refractivity (Wildman–Crippen MR) is 95.7 cm³/mol. The van der Waals surface area contributed by atoms with E-state index in [9.17, 15) is 9.59 Å². The van der Waals surface area contributed by atoms with E-state index in [2.05, 4.69) is 16.0 Å². The lowest BCUT2D eigenvalue weighted by Crippen LogP contribution is -2.63. The summed E-state index contributed by atoms with van der Waals surface area (Å²) in [5.74, 6) is -0.504. The molecule has 25 heavy (non-hydrogen) atoms. The number of primary amides is 1. The maximum Gasteiger partial charge on any atom is 0.325 e. The number of carbonyl (C=O) groups is 2. The van der Waals surface area contributed by atoms with Crippen molar-refractivity contribution in [3.05, 3.63) is 47.0 Å². The van der Waals surface area contributed by atoms with E-state index in [1.54, 1.807) is 0 Å². The standard InChI is InChI=1S/C17H23ClN4O3/c1-17(14(18)8-5-9-21-17)22-13(10-20-16(19)24)15(23)25-11-12-6-3-2-4-7-12/h2-4,6-8,13,21-22H,5,9-11H2,1H3,(H3,19,20,24)/t13-,17?/m0/s1. The minimum atomic E-state index is -0.811. The molecule has 8 heteroatoms. The lowest BCUT2D eigenvalue weighted by molar-refractivity contribution is -0.148. The fourth-order valence-electron chi connectivity index (χ4n) is 2.50. The number of nitrogens with two attached hydrogens (primary N) is 1. The Morgan fingerprint density at radius 3 is 2.76 bits per heavy atom. The van der Waals surface area contributed by atoms with Crippen LogP contribution in [0.25, 0.3) is 0 Å². The molecule has 0 bridgehead atoms. The van der Waals surface area contributed by atoms with E-state index in [-0.39, 0.29) is 13.2 Å². The van der Waals surface area contributed by atoms with Crippen molar-refractivity contribution in [2.45, 2.75) is 31.7 Å². The Kier molecular flexibility index (Phi) is 6.81. The van der Waals surface area contributed by atoms with Crippen LogP contribution in [0.15, 0.2) is 41.4 Å². The Balaban J connectivity index is 2.03. The Morgan fingerprint density at radius 1 is 1.40 bits per heavy atom. The van der Waals surface area contributed by atoms with Crippen LogP contribution in [0.4, 0.5) is 4.79 Å². The number of nitrogens with one attached hydrogen (secondary N) is 3. The van der Waals surface area contributed by atoms with Gasteiger partial charge in [-0.15, -0.1) is 0 Å². The van der Waals surface area contributed by atoms with Gasteiger partial charge in [0.15, 0.2) is 0 Å². The number of carbonyl (C=O) groups excluding carboxylic acids is 2. The lowest BCUT2D eigenvalue weighted by atomic mass is 10.1. The van der Waals surface area contributed by atoms with Crippen molar-refractivity contribution < 1.29 is 14.3 Å². The molecule has 0 radical (unpaired) electrons. The second kappa shape index (κ2) is 8.84. The van der Waals surface area contributed by atoms with E-state index in [4.69, 9.17) is 22.1 Å². The molecule has 1 unspecified atom stereocenters. The highest BCUT2D eigenvalue weighted by molar-refractivity contribution is 6.30. The van der Waals surface area contributed by atoms with E-state index in [1.807, 2.05) is 43.3 Å². The molecule has 1 aliphatic rings. The highest BCUT2D eigenvalue weighted by atomic mass is 35.5. The van der Waals surface area contributed by atoms with Crippen LogP contribution in [0.2, 0.25) is 0 Å². The lowest BCUT2D eigenvalue weighted by Gasteiger charge is -2.37. The molecule has 0 fully saturated rings. The summed E-state index contributed by atoms with van der Waals surface area (Å²) < 4.78 is 5.36. The summed E-state index contributed by atoms with van der Waals surface area (Å²) in [6.07, 6.45) is 2.69. The van der Waals surface area contributed by atoms with E-state index in [0.29, 0.717) is 5.03 Å². The first kappa shape index (κ1) is 19.2. The molecule has 2 amide bonds. The normalized spacial score (nSPS) is 21.1. The first-order valence-electron chi connectivity index (χ1n) is 8.03. The van der Waals surface area contributed by atoms with Crippen LogP contribution in [0.5, 0.6) is 0 Å². The number of halogens is 1. The number of hydrogen-bond acceptors (Lipinski definition) is 5. The molecule has 2 rings (SSSR count). The van der Waals surface area contributed by atoms with Crippen LogP contribution in [0.3, 0.4) is 0 Å². The largest absolute Gasteiger partial charge is 0.460 e. The molecule has 5 N–H and O–H groups in total. The van der Waals surface area contributed by atoms with E-state index >= 15 is 0 Å². The molecule has 1 aliphatic heterocycles.